The van der Waals surface area contributed by atoms with Gasteiger partial charge in [-0.25, -0.2) is 0 Å². The van der Waals surface area contributed by atoms with Gasteiger partial charge in [-0.15, -0.1) is 0 Å². The summed E-state index contributed by atoms with van der Waals surface area (Å²) in [5.74, 6) is 0.936. The summed E-state index contributed by atoms with van der Waals surface area (Å²) >= 11 is 0. The van der Waals surface area contributed by atoms with Crippen molar-refractivity contribution in [2.45, 2.75) is 58.9 Å². The molecular weight excluding hydrogens is 196 g/mol. The van der Waals surface area contributed by atoms with E-state index in [9.17, 15) is 0 Å². The topological polar surface area (TPSA) is 15.3 Å². The second kappa shape index (κ2) is 8.08. The predicted octanol–water partition coefficient (Wildman–Crippen LogP) is 2.89. The fourth-order valence-corrected chi connectivity index (χ4v) is 2.79. The fourth-order valence-electron chi connectivity index (χ4n) is 2.79. The minimum absolute atomic E-state index is 0.718. The minimum Gasteiger partial charge on any atom is -0.313 e. The van der Waals surface area contributed by atoms with Gasteiger partial charge in [-0.1, -0.05) is 33.1 Å². The summed E-state index contributed by atoms with van der Waals surface area (Å²) in [6.45, 7) is 11.6. The molecule has 0 radical (unpaired) electrons. The van der Waals surface area contributed by atoms with Crippen molar-refractivity contribution in [2.75, 3.05) is 26.2 Å². The zero-order valence-corrected chi connectivity index (χ0v) is 11.5. The highest BCUT2D eigenvalue weighted by Gasteiger charge is 2.19. The van der Waals surface area contributed by atoms with Crippen molar-refractivity contribution in [3.63, 3.8) is 0 Å². The van der Waals surface area contributed by atoms with Crippen LogP contribution in [0.5, 0.6) is 0 Å². The average molecular weight is 226 g/mol. The first-order valence-corrected chi connectivity index (χ1v) is 7.23. The van der Waals surface area contributed by atoms with Gasteiger partial charge in [-0.3, -0.25) is 0 Å². The number of nitrogens with zero attached hydrogens (tertiary/aromatic N) is 1. The number of likely N-dealkylation sites (N-methyl/N-ethyl adjacent to an activating group) is 1. The molecule has 0 aromatic carbocycles. The smallest absolute Gasteiger partial charge is 0.0107 e. The molecule has 1 aliphatic carbocycles. The summed E-state index contributed by atoms with van der Waals surface area (Å²) in [6.07, 6.45) is 7.25. The van der Waals surface area contributed by atoms with Crippen LogP contribution in [0.1, 0.15) is 52.9 Å². The van der Waals surface area contributed by atoms with Gasteiger partial charge in [0, 0.05) is 19.1 Å². The van der Waals surface area contributed by atoms with Crippen LogP contribution < -0.4 is 5.32 Å². The van der Waals surface area contributed by atoms with E-state index in [-0.39, 0.29) is 0 Å². The molecular formula is C14H30N2. The summed E-state index contributed by atoms with van der Waals surface area (Å²) in [6, 6.07) is 0.718. The van der Waals surface area contributed by atoms with E-state index in [1.54, 1.807) is 0 Å². The van der Waals surface area contributed by atoms with Crippen LogP contribution in [0.2, 0.25) is 0 Å². The number of rotatable bonds is 7. The van der Waals surface area contributed by atoms with Gasteiger partial charge in [0.05, 0.1) is 0 Å². The van der Waals surface area contributed by atoms with Gasteiger partial charge in [-0.2, -0.15) is 0 Å². The van der Waals surface area contributed by atoms with Gasteiger partial charge >= 0.3 is 0 Å². The second-order valence-electron chi connectivity index (χ2n) is 5.17. The molecule has 96 valence electrons. The highest BCUT2D eigenvalue weighted by molar-refractivity contribution is 4.76. The standard InChI is InChI=1S/C14H30N2/c1-4-16(5-2)12-11-15-13(3)14-9-7-6-8-10-14/h13-15H,4-12H2,1-3H3. The maximum atomic E-state index is 3.71. The molecule has 1 unspecified atom stereocenters. The van der Waals surface area contributed by atoms with E-state index in [1.165, 1.54) is 51.7 Å². The lowest BCUT2D eigenvalue weighted by molar-refractivity contribution is 0.257. The maximum Gasteiger partial charge on any atom is 0.0107 e. The van der Waals surface area contributed by atoms with Crippen molar-refractivity contribution in [3.05, 3.63) is 0 Å². The maximum absolute atomic E-state index is 3.71. The SMILES string of the molecule is CCN(CC)CCNC(C)C1CCCCC1. The Hall–Kier alpha value is -0.0800. The summed E-state index contributed by atoms with van der Waals surface area (Å²) in [4.78, 5) is 2.49. The van der Waals surface area contributed by atoms with Crippen LogP contribution in [0.25, 0.3) is 0 Å². The molecule has 1 N–H and O–H groups in total. The Morgan fingerprint density at radius 2 is 1.75 bits per heavy atom. The van der Waals surface area contributed by atoms with Gasteiger partial charge in [0.15, 0.2) is 0 Å². The lowest BCUT2D eigenvalue weighted by Crippen LogP contribution is -2.39. The predicted molar refractivity (Wildman–Crippen MR) is 71.8 cm³/mol. The van der Waals surface area contributed by atoms with Gasteiger partial charge in [0.2, 0.25) is 0 Å². The van der Waals surface area contributed by atoms with E-state index in [4.69, 9.17) is 0 Å². The fraction of sp³-hybridized carbons (Fsp3) is 1.00. The van der Waals surface area contributed by atoms with Crippen LogP contribution >= 0.6 is 0 Å². The molecule has 1 rings (SSSR count). The molecule has 0 aliphatic heterocycles. The Bertz CT molecular complexity index is 160. The van der Waals surface area contributed by atoms with Crippen molar-refractivity contribution in [1.82, 2.24) is 10.2 Å². The van der Waals surface area contributed by atoms with Crippen molar-refractivity contribution < 1.29 is 0 Å². The molecule has 2 nitrogen and oxygen atoms in total. The Balaban J connectivity index is 2.11. The molecule has 1 aliphatic rings. The highest BCUT2D eigenvalue weighted by atomic mass is 15.1. The van der Waals surface area contributed by atoms with E-state index in [0.29, 0.717) is 0 Å². The van der Waals surface area contributed by atoms with Gasteiger partial charge in [0.1, 0.15) is 0 Å². The van der Waals surface area contributed by atoms with Crippen LogP contribution in [0.4, 0.5) is 0 Å². The van der Waals surface area contributed by atoms with Gasteiger partial charge < -0.3 is 10.2 Å². The zero-order valence-electron chi connectivity index (χ0n) is 11.5. The molecule has 0 bridgehead atoms. The largest absolute Gasteiger partial charge is 0.313 e. The monoisotopic (exact) mass is 226 g/mol. The molecule has 2 heteroatoms. The molecule has 0 saturated heterocycles. The van der Waals surface area contributed by atoms with Crippen molar-refractivity contribution in [2.24, 2.45) is 5.92 Å². The summed E-state index contributed by atoms with van der Waals surface area (Å²) in [5.41, 5.74) is 0. The van der Waals surface area contributed by atoms with E-state index in [1.807, 2.05) is 0 Å². The molecule has 0 spiro atoms. The summed E-state index contributed by atoms with van der Waals surface area (Å²) in [7, 11) is 0. The summed E-state index contributed by atoms with van der Waals surface area (Å²) < 4.78 is 0. The Morgan fingerprint density at radius 1 is 1.12 bits per heavy atom. The Labute approximate surface area is 102 Å². The number of nitrogens with one attached hydrogen (secondary N) is 1. The third-order valence-electron chi connectivity index (χ3n) is 4.15. The highest BCUT2D eigenvalue weighted by Crippen LogP contribution is 2.26. The molecule has 0 aromatic heterocycles. The number of hydrogen-bond donors (Lipinski definition) is 1. The second-order valence-corrected chi connectivity index (χ2v) is 5.17. The molecule has 16 heavy (non-hydrogen) atoms. The van der Waals surface area contributed by atoms with E-state index >= 15 is 0 Å². The van der Waals surface area contributed by atoms with E-state index < -0.39 is 0 Å². The normalized spacial score (nSPS) is 20.2. The van der Waals surface area contributed by atoms with Crippen LogP contribution in [-0.2, 0) is 0 Å². The number of hydrogen-bond acceptors (Lipinski definition) is 2. The van der Waals surface area contributed by atoms with Crippen LogP contribution in [0, 0.1) is 5.92 Å². The van der Waals surface area contributed by atoms with Crippen LogP contribution in [0.3, 0.4) is 0 Å². The minimum atomic E-state index is 0.718. The lowest BCUT2D eigenvalue weighted by Gasteiger charge is -2.29. The van der Waals surface area contributed by atoms with E-state index in [2.05, 4.69) is 31.0 Å². The molecule has 1 atom stereocenters. The van der Waals surface area contributed by atoms with Crippen molar-refractivity contribution in [1.29, 1.82) is 0 Å². The molecule has 0 amide bonds. The summed E-state index contributed by atoms with van der Waals surface area (Å²) in [5, 5.41) is 3.71. The van der Waals surface area contributed by atoms with Gasteiger partial charge in [0.25, 0.3) is 0 Å². The molecule has 0 aromatic rings. The first kappa shape index (κ1) is 14.0. The van der Waals surface area contributed by atoms with Crippen molar-refractivity contribution >= 4 is 0 Å². The Morgan fingerprint density at radius 3 is 2.31 bits per heavy atom. The van der Waals surface area contributed by atoms with Crippen molar-refractivity contribution in [3.8, 4) is 0 Å². The third kappa shape index (κ3) is 4.84. The Kier molecular flexibility index (Phi) is 7.06. The quantitative estimate of drug-likeness (QED) is 0.718. The third-order valence-corrected chi connectivity index (χ3v) is 4.15. The lowest BCUT2D eigenvalue weighted by atomic mass is 9.84. The molecule has 1 saturated carbocycles. The van der Waals surface area contributed by atoms with Gasteiger partial charge in [-0.05, 0) is 38.8 Å². The first-order valence-electron chi connectivity index (χ1n) is 7.23. The molecule has 0 heterocycles. The van der Waals surface area contributed by atoms with Crippen LogP contribution in [0.15, 0.2) is 0 Å². The first-order chi connectivity index (χ1) is 7.77. The van der Waals surface area contributed by atoms with E-state index in [0.717, 1.165) is 18.5 Å². The molecule has 1 fully saturated rings. The van der Waals surface area contributed by atoms with Crippen LogP contribution in [-0.4, -0.2) is 37.1 Å². The zero-order chi connectivity index (χ0) is 11.8. The average Bonchev–Trinajstić information content (AvgIpc) is 2.35.